The van der Waals surface area contributed by atoms with Crippen LogP contribution < -0.4 is 11.1 Å². The van der Waals surface area contributed by atoms with Crippen LogP contribution >= 0.6 is 0 Å². The van der Waals surface area contributed by atoms with Gasteiger partial charge in [-0.2, -0.15) is 5.26 Å². The second kappa shape index (κ2) is 6.38. The Balaban J connectivity index is 2.05. The zero-order chi connectivity index (χ0) is 11.1. The minimum atomic E-state index is -0.453. The van der Waals surface area contributed by atoms with Crippen LogP contribution in [0.3, 0.4) is 0 Å². The van der Waals surface area contributed by atoms with Gasteiger partial charge in [0, 0.05) is 12.6 Å². The molecule has 0 spiro atoms. The van der Waals surface area contributed by atoms with Gasteiger partial charge in [0.1, 0.15) is 6.61 Å². The number of nitrogens with zero attached hydrogens (tertiary/aromatic N) is 1. The molecule has 84 valence electrons. The van der Waals surface area contributed by atoms with E-state index in [0.717, 1.165) is 19.3 Å². The number of nitrogens with two attached hydrogens (primary N) is 1. The maximum absolute atomic E-state index is 10.4. The maximum Gasteiger partial charge on any atom is 0.243 e. The van der Waals surface area contributed by atoms with Crippen molar-refractivity contribution in [3.05, 3.63) is 0 Å². The Bertz CT molecular complexity index is 250. The second-order valence-corrected chi connectivity index (χ2v) is 3.75. The van der Waals surface area contributed by atoms with Crippen molar-refractivity contribution in [1.82, 2.24) is 5.32 Å². The second-order valence-electron chi connectivity index (χ2n) is 3.75. The van der Waals surface area contributed by atoms with Crippen LogP contribution in [0.5, 0.6) is 0 Å². The van der Waals surface area contributed by atoms with Crippen molar-refractivity contribution >= 4 is 5.91 Å². The largest absolute Gasteiger partial charge is 0.370 e. The molecule has 0 radical (unpaired) electrons. The van der Waals surface area contributed by atoms with Crippen LogP contribution in [0.2, 0.25) is 0 Å². The molecule has 1 rings (SSSR count). The zero-order valence-electron chi connectivity index (χ0n) is 8.74. The summed E-state index contributed by atoms with van der Waals surface area (Å²) in [6.45, 7) is 1.09. The Kier molecular flexibility index (Phi) is 5.08. The van der Waals surface area contributed by atoms with Gasteiger partial charge in [0.2, 0.25) is 5.91 Å². The molecule has 1 aliphatic rings. The molecule has 2 unspecified atom stereocenters. The van der Waals surface area contributed by atoms with Crippen LogP contribution in [0, 0.1) is 17.2 Å². The monoisotopic (exact) mass is 211 g/mol. The molecule has 0 aromatic rings. The molecular formula is C10H17N3O2. The van der Waals surface area contributed by atoms with Crippen molar-refractivity contribution < 1.29 is 9.53 Å². The van der Waals surface area contributed by atoms with E-state index in [-0.39, 0.29) is 18.6 Å². The van der Waals surface area contributed by atoms with Gasteiger partial charge in [0.25, 0.3) is 0 Å². The summed E-state index contributed by atoms with van der Waals surface area (Å²) in [5.74, 6) is -0.327. The van der Waals surface area contributed by atoms with Gasteiger partial charge in [-0.25, -0.2) is 0 Å². The lowest BCUT2D eigenvalue weighted by atomic mass is 10.1. The van der Waals surface area contributed by atoms with E-state index in [2.05, 4.69) is 11.4 Å². The average Bonchev–Trinajstić information content (AvgIpc) is 2.64. The Morgan fingerprint density at radius 2 is 2.40 bits per heavy atom. The van der Waals surface area contributed by atoms with Crippen LogP contribution in [0.15, 0.2) is 0 Å². The van der Waals surface area contributed by atoms with Crippen molar-refractivity contribution in [2.75, 3.05) is 19.8 Å². The van der Waals surface area contributed by atoms with E-state index in [4.69, 9.17) is 15.7 Å². The first-order valence-electron chi connectivity index (χ1n) is 5.23. The van der Waals surface area contributed by atoms with E-state index in [1.165, 1.54) is 0 Å². The summed E-state index contributed by atoms with van der Waals surface area (Å²) in [7, 11) is 0. The quantitative estimate of drug-likeness (QED) is 0.594. The van der Waals surface area contributed by atoms with Crippen molar-refractivity contribution in [3.8, 4) is 6.07 Å². The minimum Gasteiger partial charge on any atom is -0.370 e. The first-order valence-corrected chi connectivity index (χ1v) is 5.23. The predicted octanol–water partition coefficient (Wildman–Crippen LogP) is -0.230. The Labute approximate surface area is 89.6 Å². The number of nitrogens with one attached hydrogen (secondary N) is 1. The fraction of sp³-hybridized carbons (Fsp3) is 0.800. The van der Waals surface area contributed by atoms with Crippen LogP contribution in [0.4, 0.5) is 0 Å². The Morgan fingerprint density at radius 3 is 3.07 bits per heavy atom. The lowest BCUT2D eigenvalue weighted by molar-refractivity contribution is -0.122. The number of carbonyl (C=O) groups excluding carboxylic acids is 1. The smallest absolute Gasteiger partial charge is 0.243 e. The number of nitriles is 1. The number of carbonyl (C=O) groups is 1. The minimum absolute atomic E-state index is 0.0337. The van der Waals surface area contributed by atoms with Crippen LogP contribution in [0.1, 0.15) is 19.3 Å². The highest BCUT2D eigenvalue weighted by molar-refractivity contribution is 5.74. The van der Waals surface area contributed by atoms with Crippen LogP contribution in [0.25, 0.3) is 0 Å². The molecule has 0 aromatic carbocycles. The number of rotatable bonds is 6. The van der Waals surface area contributed by atoms with Gasteiger partial charge in [-0.3, -0.25) is 4.79 Å². The van der Waals surface area contributed by atoms with E-state index in [1.807, 2.05) is 0 Å². The van der Waals surface area contributed by atoms with Crippen LogP contribution in [-0.2, 0) is 9.53 Å². The summed E-state index contributed by atoms with van der Waals surface area (Å²) >= 11 is 0. The highest BCUT2D eigenvalue weighted by Gasteiger charge is 2.25. The fourth-order valence-corrected chi connectivity index (χ4v) is 1.85. The molecule has 0 bridgehead atoms. The Morgan fingerprint density at radius 1 is 1.60 bits per heavy atom. The van der Waals surface area contributed by atoms with Gasteiger partial charge in [0.15, 0.2) is 0 Å². The molecule has 3 N–H and O–H groups in total. The first kappa shape index (κ1) is 12.0. The number of amides is 1. The molecule has 1 amide bonds. The lowest BCUT2D eigenvalue weighted by Crippen LogP contribution is -2.34. The third kappa shape index (κ3) is 4.28. The van der Waals surface area contributed by atoms with Gasteiger partial charge in [-0.05, 0) is 12.8 Å². The SMILES string of the molecule is N#CC1CCCC1NCCOCC(N)=O. The van der Waals surface area contributed by atoms with Crippen molar-refractivity contribution in [2.24, 2.45) is 11.7 Å². The highest BCUT2D eigenvalue weighted by Crippen LogP contribution is 2.24. The molecule has 0 heterocycles. The molecule has 1 fully saturated rings. The Hall–Kier alpha value is -1.12. The van der Waals surface area contributed by atoms with Crippen molar-refractivity contribution in [2.45, 2.75) is 25.3 Å². The fourth-order valence-electron chi connectivity index (χ4n) is 1.85. The first-order chi connectivity index (χ1) is 7.24. The molecule has 0 aromatic heterocycles. The van der Waals surface area contributed by atoms with Gasteiger partial charge < -0.3 is 15.8 Å². The molecule has 15 heavy (non-hydrogen) atoms. The molecule has 5 heteroatoms. The molecular weight excluding hydrogens is 194 g/mol. The molecule has 0 saturated heterocycles. The van der Waals surface area contributed by atoms with Gasteiger partial charge >= 0.3 is 0 Å². The molecule has 1 aliphatic carbocycles. The van der Waals surface area contributed by atoms with E-state index in [0.29, 0.717) is 13.2 Å². The maximum atomic E-state index is 10.4. The van der Waals surface area contributed by atoms with Gasteiger partial charge in [0.05, 0.1) is 18.6 Å². The zero-order valence-corrected chi connectivity index (χ0v) is 8.74. The summed E-state index contributed by atoms with van der Waals surface area (Å²) in [6, 6.07) is 2.58. The normalized spacial score (nSPS) is 25.0. The standard InChI is InChI=1S/C10H17N3O2/c11-6-8-2-1-3-9(8)13-4-5-15-7-10(12)14/h8-9,13H,1-5,7H2,(H2,12,14). The number of hydrogen-bond acceptors (Lipinski definition) is 4. The number of hydrogen-bond donors (Lipinski definition) is 2. The molecule has 5 nitrogen and oxygen atoms in total. The molecule has 0 aliphatic heterocycles. The van der Waals surface area contributed by atoms with E-state index >= 15 is 0 Å². The summed E-state index contributed by atoms with van der Waals surface area (Å²) in [5.41, 5.74) is 4.91. The summed E-state index contributed by atoms with van der Waals surface area (Å²) in [5, 5.41) is 12.1. The summed E-state index contributed by atoms with van der Waals surface area (Å²) in [4.78, 5) is 10.4. The number of ether oxygens (including phenoxy) is 1. The third-order valence-electron chi connectivity index (χ3n) is 2.58. The van der Waals surface area contributed by atoms with Gasteiger partial charge in [-0.15, -0.1) is 0 Å². The average molecular weight is 211 g/mol. The van der Waals surface area contributed by atoms with Crippen LogP contribution in [-0.4, -0.2) is 31.7 Å². The summed E-state index contributed by atoms with van der Waals surface area (Å²) < 4.78 is 5.00. The predicted molar refractivity (Wildman–Crippen MR) is 54.8 cm³/mol. The number of primary amides is 1. The third-order valence-corrected chi connectivity index (χ3v) is 2.58. The van der Waals surface area contributed by atoms with Crippen molar-refractivity contribution in [3.63, 3.8) is 0 Å². The van der Waals surface area contributed by atoms with E-state index in [9.17, 15) is 4.79 Å². The highest BCUT2D eigenvalue weighted by atomic mass is 16.5. The van der Waals surface area contributed by atoms with E-state index in [1.54, 1.807) is 0 Å². The molecule has 1 saturated carbocycles. The van der Waals surface area contributed by atoms with Crippen molar-refractivity contribution in [1.29, 1.82) is 5.26 Å². The van der Waals surface area contributed by atoms with Gasteiger partial charge in [-0.1, -0.05) is 6.42 Å². The van der Waals surface area contributed by atoms with E-state index < -0.39 is 5.91 Å². The lowest BCUT2D eigenvalue weighted by Gasteiger charge is -2.15. The molecule has 2 atom stereocenters. The topological polar surface area (TPSA) is 88.1 Å². The summed E-state index contributed by atoms with van der Waals surface area (Å²) in [6.07, 6.45) is 3.14.